The number of esters is 2. The summed E-state index contributed by atoms with van der Waals surface area (Å²) in [5.74, 6) is -2.23. The average molecular weight is 363 g/mol. The number of benzene rings is 2. The van der Waals surface area contributed by atoms with E-state index in [0.717, 1.165) is 0 Å². The summed E-state index contributed by atoms with van der Waals surface area (Å²) in [6.45, 7) is 0. The Balaban J connectivity index is 2.42. The number of aromatic hydroxyl groups is 1. The van der Waals surface area contributed by atoms with Gasteiger partial charge >= 0.3 is 11.9 Å². The van der Waals surface area contributed by atoms with Crippen LogP contribution < -0.4 is 4.74 Å². The van der Waals surface area contributed by atoms with Crippen molar-refractivity contribution >= 4 is 29.6 Å². The van der Waals surface area contributed by atoms with E-state index in [1.165, 1.54) is 38.5 Å². The summed E-state index contributed by atoms with van der Waals surface area (Å²) in [5.41, 5.74) is 0.503. The lowest BCUT2D eigenvalue weighted by Crippen LogP contribution is -2.11. The van der Waals surface area contributed by atoms with Gasteiger partial charge in [-0.2, -0.15) is 0 Å². The molecule has 0 bridgehead atoms. The highest BCUT2D eigenvalue weighted by atomic mass is 35.5. The van der Waals surface area contributed by atoms with Crippen LogP contribution in [-0.2, 0) is 14.3 Å². The fourth-order valence-electron chi connectivity index (χ4n) is 1.98. The number of carbonyl (C=O) groups excluding carboxylic acids is 2. The summed E-state index contributed by atoms with van der Waals surface area (Å²) in [7, 11) is 2.39. The fraction of sp³-hybridized carbons (Fsp3) is 0.111. The minimum Gasteiger partial charge on any atom is -0.504 e. The number of hydrogen-bond acceptors (Lipinski definition) is 6. The van der Waals surface area contributed by atoms with Gasteiger partial charge in [0.05, 0.1) is 14.2 Å². The summed E-state index contributed by atoms with van der Waals surface area (Å²) >= 11 is 5.92. The molecule has 0 heterocycles. The topological polar surface area (TPSA) is 82.1 Å². The van der Waals surface area contributed by atoms with Crippen LogP contribution in [0, 0.1) is 0 Å². The second kappa shape index (κ2) is 8.21. The molecular formula is C18H15ClO6. The van der Waals surface area contributed by atoms with Gasteiger partial charge in [0.15, 0.2) is 11.5 Å². The maximum Gasteiger partial charge on any atom is 0.373 e. The number of hydrogen-bond donors (Lipinski definition) is 1. The molecule has 0 spiro atoms. The van der Waals surface area contributed by atoms with Crippen LogP contribution in [0.2, 0.25) is 5.02 Å². The number of methoxy groups -OCH3 is 2. The van der Waals surface area contributed by atoms with E-state index in [-0.39, 0.29) is 17.1 Å². The van der Waals surface area contributed by atoms with Gasteiger partial charge in [-0.25, -0.2) is 9.59 Å². The zero-order valence-corrected chi connectivity index (χ0v) is 14.2. The molecule has 0 aliphatic carbocycles. The molecule has 2 aromatic rings. The van der Waals surface area contributed by atoms with E-state index in [9.17, 15) is 14.7 Å². The van der Waals surface area contributed by atoms with Crippen LogP contribution in [0.25, 0.3) is 6.08 Å². The number of halogens is 1. The first-order chi connectivity index (χ1) is 12.0. The Kier molecular flexibility index (Phi) is 6.03. The Labute approximate surface area is 149 Å². The van der Waals surface area contributed by atoms with Crippen LogP contribution in [0.3, 0.4) is 0 Å². The third kappa shape index (κ3) is 4.51. The van der Waals surface area contributed by atoms with Crippen molar-refractivity contribution in [2.45, 2.75) is 0 Å². The zero-order chi connectivity index (χ0) is 18.4. The smallest absolute Gasteiger partial charge is 0.373 e. The maximum atomic E-state index is 12.0. The van der Waals surface area contributed by atoms with Gasteiger partial charge in [-0.3, -0.25) is 0 Å². The number of phenols is 1. The quantitative estimate of drug-likeness (QED) is 0.498. The second-order valence-corrected chi connectivity index (χ2v) is 5.24. The van der Waals surface area contributed by atoms with Gasteiger partial charge in [-0.05, 0) is 35.9 Å². The van der Waals surface area contributed by atoms with Gasteiger partial charge in [-0.15, -0.1) is 0 Å². The number of ether oxygens (including phenoxy) is 3. The SMILES string of the molecule is COC(=O)/C(=C\c1cccc(Cl)c1)Oc1cccc(C(=O)OC)c1O. The Morgan fingerprint density at radius 3 is 2.44 bits per heavy atom. The van der Waals surface area contributed by atoms with Gasteiger partial charge in [0.25, 0.3) is 0 Å². The van der Waals surface area contributed by atoms with Crippen molar-refractivity contribution in [2.24, 2.45) is 0 Å². The highest BCUT2D eigenvalue weighted by molar-refractivity contribution is 6.30. The number of para-hydroxylation sites is 1. The van der Waals surface area contributed by atoms with Crippen molar-refractivity contribution in [3.8, 4) is 11.5 Å². The standard InChI is InChI=1S/C18H15ClO6/c1-23-17(21)13-7-4-8-14(16(13)20)25-15(18(22)24-2)10-11-5-3-6-12(19)9-11/h3-10,20H,1-2H3/b15-10+. The Bertz CT molecular complexity index is 828. The van der Waals surface area contributed by atoms with Gasteiger partial charge in [-0.1, -0.05) is 29.8 Å². The molecule has 1 N–H and O–H groups in total. The molecule has 0 saturated heterocycles. The summed E-state index contributed by atoms with van der Waals surface area (Å²) < 4.78 is 14.7. The molecule has 0 atom stereocenters. The first-order valence-corrected chi connectivity index (χ1v) is 7.47. The third-order valence-corrected chi connectivity index (χ3v) is 3.39. The number of phenolic OH excluding ortho intramolecular Hbond substituents is 1. The average Bonchev–Trinajstić information content (AvgIpc) is 2.61. The molecule has 0 unspecified atom stereocenters. The molecule has 2 aromatic carbocycles. The molecule has 0 amide bonds. The van der Waals surface area contributed by atoms with E-state index in [2.05, 4.69) is 9.47 Å². The summed E-state index contributed by atoms with van der Waals surface area (Å²) in [4.78, 5) is 23.6. The molecule has 0 aliphatic rings. The van der Waals surface area contributed by atoms with Crippen molar-refractivity contribution in [2.75, 3.05) is 14.2 Å². The van der Waals surface area contributed by atoms with Gasteiger partial charge < -0.3 is 19.3 Å². The summed E-state index contributed by atoms with van der Waals surface area (Å²) in [6.07, 6.45) is 1.40. The molecule has 0 radical (unpaired) electrons. The lowest BCUT2D eigenvalue weighted by atomic mass is 10.2. The van der Waals surface area contributed by atoms with Crippen molar-refractivity contribution < 1.29 is 28.9 Å². The van der Waals surface area contributed by atoms with Gasteiger partial charge in [0.1, 0.15) is 5.56 Å². The molecule has 25 heavy (non-hydrogen) atoms. The summed E-state index contributed by atoms with van der Waals surface area (Å²) in [6, 6.07) is 11.0. The molecule has 6 nitrogen and oxygen atoms in total. The third-order valence-electron chi connectivity index (χ3n) is 3.16. The fourth-order valence-corrected chi connectivity index (χ4v) is 2.17. The van der Waals surface area contributed by atoms with Crippen LogP contribution in [0.1, 0.15) is 15.9 Å². The molecule has 0 fully saturated rings. The highest BCUT2D eigenvalue weighted by Crippen LogP contribution is 2.32. The van der Waals surface area contributed by atoms with Crippen LogP contribution in [0.15, 0.2) is 48.2 Å². The summed E-state index contributed by atoms with van der Waals surface area (Å²) in [5, 5.41) is 10.7. The molecule has 130 valence electrons. The van der Waals surface area contributed by atoms with Gasteiger partial charge in [0.2, 0.25) is 5.76 Å². The maximum absolute atomic E-state index is 12.0. The first kappa shape index (κ1) is 18.4. The van der Waals surface area contributed by atoms with Crippen molar-refractivity contribution in [1.82, 2.24) is 0 Å². The Morgan fingerprint density at radius 2 is 1.80 bits per heavy atom. The van der Waals surface area contributed by atoms with Crippen LogP contribution in [0.5, 0.6) is 11.5 Å². The van der Waals surface area contributed by atoms with E-state index in [1.54, 1.807) is 24.3 Å². The number of carbonyl (C=O) groups is 2. The minimum atomic E-state index is -0.761. The van der Waals surface area contributed by atoms with Crippen LogP contribution >= 0.6 is 11.6 Å². The van der Waals surface area contributed by atoms with E-state index in [4.69, 9.17) is 16.3 Å². The van der Waals surface area contributed by atoms with E-state index < -0.39 is 17.7 Å². The highest BCUT2D eigenvalue weighted by Gasteiger charge is 2.19. The van der Waals surface area contributed by atoms with Crippen molar-refractivity contribution in [3.05, 3.63) is 64.4 Å². The normalized spacial score (nSPS) is 10.9. The molecule has 2 rings (SSSR count). The second-order valence-electron chi connectivity index (χ2n) is 4.80. The van der Waals surface area contributed by atoms with Gasteiger partial charge in [0, 0.05) is 5.02 Å². The first-order valence-electron chi connectivity index (χ1n) is 7.10. The number of rotatable bonds is 5. The Morgan fingerprint density at radius 1 is 1.08 bits per heavy atom. The molecular weight excluding hydrogens is 348 g/mol. The molecule has 0 aliphatic heterocycles. The predicted octanol–water partition coefficient (Wildman–Crippen LogP) is 3.43. The lowest BCUT2D eigenvalue weighted by Gasteiger charge is -2.11. The minimum absolute atomic E-state index is 0.0908. The monoisotopic (exact) mass is 362 g/mol. The van der Waals surface area contributed by atoms with E-state index in [0.29, 0.717) is 10.6 Å². The van der Waals surface area contributed by atoms with Crippen molar-refractivity contribution in [3.63, 3.8) is 0 Å². The van der Waals surface area contributed by atoms with E-state index >= 15 is 0 Å². The Hall–Kier alpha value is -2.99. The zero-order valence-electron chi connectivity index (χ0n) is 13.5. The van der Waals surface area contributed by atoms with Crippen LogP contribution in [-0.4, -0.2) is 31.3 Å². The molecule has 7 heteroatoms. The largest absolute Gasteiger partial charge is 0.504 e. The molecule has 0 aromatic heterocycles. The predicted molar refractivity (Wildman–Crippen MR) is 91.5 cm³/mol. The van der Waals surface area contributed by atoms with E-state index in [1.807, 2.05) is 0 Å². The van der Waals surface area contributed by atoms with Crippen LogP contribution in [0.4, 0.5) is 0 Å². The molecule has 0 saturated carbocycles. The van der Waals surface area contributed by atoms with Crippen molar-refractivity contribution in [1.29, 1.82) is 0 Å². The lowest BCUT2D eigenvalue weighted by molar-refractivity contribution is -0.138.